The maximum absolute atomic E-state index is 14.3. The molecule has 2 bridgehead atoms. The van der Waals surface area contributed by atoms with Gasteiger partial charge < -0.3 is 20.4 Å². The molecule has 5 unspecified atom stereocenters. The fraction of sp³-hybridized carbons (Fsp3) is 0.333. The van der Waals surface area contributed by atoms with Crippen LogP contribution in [0.3, 0.4) is 0 Å². The van der Waals surface area contributed by atoms with Crippen molar-refractivity contribution >= 4 is 34.4 Å². The fourth-order valence-electron chi connectivity index (χ4n) is 7.05. The lowest BCUT2D eigenvalue weighted by Crippen LogP contribution is -2.62. The first-order valence-electron chi connectivity index (χ1n) is 13.5. The Labute approximate surface area is 245 Å². The average molecular weight is 652 g/mol. The molecule has 40 heavy (non-hydrogen) atoms. The van der Waals surface area contributed by atoms with Crippen LogP contribution >= 0.6 is 22.6 Å². The molecule has 2 fully saturated rings. The SMILES string of the molecule is CNC(=O)C1=CC2c3c(c(O)n(Cc4ccccc4)c3O)C1C1CC3CON(Cc4ccc(I)cc4)C3C(=O)N21. The van der Waals surface area contributed by atoms with Crippen LogP contribution in [0.5, 0.6) is 11.8 Å². The van der Waals surface area contributed by atoms with Crippen molar-refractivity contribution in [1.82, 2.24) is 19.8 Å². The Morgan fingerprint density at radius 3 is 2.45 bits per heavy atom. The number of carbonyl (C=O) groups is 2. The van der Waals surface area contributed by atoms with Crippen molar-refractivity contribution in [2.24, 2.45) is 5.92 Å². The van der Waals surface area contributed by atoms with Crippen LogP contribution in [-0.2, 0) is 27.5 Å². The molecule has 3 aromatic rings. The van der Waals surface area contributed by atoms with Gasteiger partial charge in [-0.05, 0) is 58.3 Å². The Kier molecular flexibility index (Phi) is 6.17. The Morgan fingerprint density at radius 2 is 1.73 bits per heavy atom. The highest BCUT2D eigenvalue weighted by molar-refractivity contribution is 14.1. The molecule has 3 N–H and O–H groups in total. The third kappa shape index (κ3) is 3.80. The zero-order chi connectivity index (χ0) is 27.7. The van der Waals surface area contributed by atoms with E-state index in [2.05, 4.69) is 27.9 Å². The molecule has 0 saturated carbocycles. The van der Waals surface area contributed by atoms with Crippen molar-refractivity contribution in [3.8, 4) is 11.8 Å². The number of carbonyl (C=O) groups excluding carboxylic acids is 2. The predicted octanol–water partition coefficient (Wildman–Crippen LogP) is 3.41. The number of halogens is 1. The molecule has 9 nitrogen and oxygen atoms in total. The highest BCUT2D eigenvalue weighted by Crippen LogP contribution is 2.59. The summed E-state index contributed by atoms with van der Waals surface area (Å²) in [6.45, 7) is 1.17. The molecule has 5 heterocycles. The van der Waals surface area contributed by atoms with Crippen LogP contribution < -0.4 is 5.32 Å². The highest BCUT2D eigenvalue weighted by atomic mass is 127. The van der Waals surface area contributed by atoms with Gasteiger partial charge in [-0.2, -0.15) is 5.06 Å². The number of hydrogen-bond acceptors (Lipinski definition) is 6. The van der Waals surface area contributed by atoms with Crippen molar-refractivity contribution in [3.05, 3.63) is 92.1 Å². The number of aromatic hydroxyl groups is 2. The fourth-order valence-corrected chi connectivity index (χ4v) is 7.41. The van der Waals surface area contributed by atoms with E-state index in [1.807, 2.05) is 59.5 Å². The third-order valence-corrected chi connectivity index (χ3v) is 9.51. The smallest absolute Gasteiger partial charge is 0.247 e. The van der Waals surface area contributed by atoms with Crippen molar-refractivity contribution in [2.75, 3.05) is 13.7 Å². The lowest BCUT2D eigenvalue weighted by Gasteiger charge is -2.54. The first-order valence-corrected chi connectivity index (χ1v) is 14.5. The van der Waals surface area contributed by atoms with Gasteiger partial charge in [0, 0.05) is 51.7 Å². The highest BCUT2D eigenvalue weighted by Gasteiger charge is 2.60. The number of aromatic nitrogens is 1. The van der Waals surface area contributed by atoms with Gasteiger partial charge in [-0.1, -0.05) is 42.5 Å². The van der Waals surface area contributed by atoms with Gasteiger partial charge in [-0.3, -0.25) is 19.0 Å². The van der Waals surface area contributed by atoms with E-state index in [0.29, 0.717) is 36.3 Å². The number of piperidine rings is 1. The third-order valence-electron chi connectivity index (χ3n) is 8.79. The summed E-state index contributed by atoms with van der Waals surface area (Å²) >= 11 is 2.27. The van der Waals surface area contributed by atoms with Crippen LogP contribution in [0.1, 0.15) is 40.6 Å². The van der Waals surface area contributed by atoms with Gasteiger partial charge in [0.2, 0.25) is 11.8 Å². The zero-order valence-corrected chi connectivity index (χ0v) is 24.0. The number of nitrogens with one attached hydrogen (secondary N) is 1. The van der Waals surface area contributed by atoms with Crippen LogP contribution in [0.2, 0.25) is 0 Å². The molecule has 4 aliphatic heterocycles. The molecule has 5 atom stereocenters. The number of likely N-dealkylation sites (N-methyl/N-ethyl adjacent to an activating group) is 1. The van der Waals surface area contributed by atoms with Crippen molar-refractivity contribution in [2.45, 2.75) is 43.6 Å². The molecule has 0 radical (unpaired) electrons. The predicted molar refractivity (Wildman–Crippen MR) is 154 cm³/mol. The van der Waals surface area contributed by atoms with Gasteiger partial charge in [-0.15, -0.1) is 0 Å². The van der Waals surface area contributed by atoms with E-state index in [4.69, 9.17) is 4.84 Å². The second-order valence-corrected chi connectivity index (χ2v) is 12.2. The Hall–Kier alpha value is -3.35. The first-order chi connectivity index (χ1) is 19.4. The maximum atomic E-state index is 14.3. The van der Waals surface area contributed by atoms with Crippen LogP contribution in [0.15, 0.2) is 66.2 Å². The molecular weight excluding hydrogens is 623 g/mol. The summed E-state index contributed by atoms with van der Waals surface area (Å²) in [5.41, 5.74) is 3.54. The number of hydrogen-bond donors (Lipinski definition) is 3. The second-order valence-electron chi connectivity index (χ2n) is 10.9. The van der Waals surface area contributed by atoms with Gasteiger partial charge in [0.15, 0.2) is 11.8 Å². The van der Waals surface area contributed by atoms with Gasteiger partial charge in [0.1, 0.15) is 6.04 Å². The van der Waals surface area contributed by atoms with E-state index in [1.165, 1.54) is 4.57 Å². The van der Waals surface area contributed by atoms with Crippen LogP contribution in [0, 0.1) is 9.49 Å². The number of nitrogens with zero attached hydrogens (tertiary/aromatic N) is 3. The largest absolute Gasteiger partial charge is 0.494 e. The van der Waals surface area contributed by atoms with Crippen molar-refractivity contribution < 1.29 is 24.6 Å². The molecule has 5 aliphatic rings. The minimum atomic E-state index is -0.672. The zero-order valence-electron chi connectivity index (χ0n) is 21.8. The monoisotopic (exact) mass is 652 g/mol. The molecule has 206 valence electrons. The van der Waals surface area contributed by atoms with Gasteiger partial charge in [-0.25, -0.2) is 0 Å². The summed E-state index contributed by atoms with van der Waals surface area (Å²) in [6, 6.07) is 16.3. The Morgan fingerprint density at radius 1 is 1.02 bits per heavy atom. The lowest BCUT2D eigenvalue weighted by molar-refractivity contribution is -0.171. The summed E-state index contributed by atoms with van der Waals surface area (Å²) in [7, 11) is 1.58. The molecule has 1 aliphatic carbocycles. The van der Waals surface area contributed by atoms with Gasteiger partial charge in [0.25, 0.3) is 0 Å². The van der Waals surface area contributed by atoms with Crippen molar-refractivity contribution in [1.29, 1.82) is 0 Å². The lowest BCUT2D eigenvalue weighted by atomic mass is 9.66. The van der Waals surface area contributed by atoms with Crippen LogP contribution in [-0.4, -0.2) is 62.3 Å². The average Bonchev–Trinajstić information content (AvgIpc) is 3.49. The summed E-state index contributed by atoms with van der Waals surface area (Å²) in [5, 5.41) is 27.5. The number of rotatable bonds is 5. The summed E-state index contributed by atoms with van der Waals surface area (Å²) < 4.78 is 2.62. The topological polar surface area (TPSA) is 107 Å². The summed E-state index contributed by atoms with van der Waals surface area (Å²) in [5.74, 6) is -1.06. The number of amides is 2. The quantitative estimate of drug-likeness (QED) is 0.365. The molecule has 2 amide bonds. The van der Waals surface area contributed by atoms with Gasteiger partial charge >= 0.3 is 0 Å². The second kappa shape index (κ2) is 9.64. The Bertz CT molecular complexity index is 1540. The van der Waals surface area contributed by atoms with E-state index < -0.39 is 18.0 Å². The standard InChI is InChI=1S/C30H29IN4O5/c1-32-27(36)20-12-22-24-25(29(38)33(28(24)37)13-16-5-3-2-4-6-16)23(20)21-11-18-15-40-34(26(18)30(39)35(21)22)14-17-7-9-19(31)10-8-17/h2-10,12,18,21-23,26,37-38H,11,13-15H2,1H3,(H,32,36). The molecule has 8 rings (SSSR count). The number of hydroxylamine groups is 2. The van der Waals surface area contributed by atoms with E-state index in [-0.39, 0.29) is 42.1 Å². The van der Waals surface area contributed by atoms with E-state index in [1.54, 1.807) is 18.2 Å². The maximum Gasteiger partial charge on any atom is 0.247 e. The summed E-state index contributed by atoms with van der Waals surface area (Å²) in [6.07, 6.45) is 2.41. The number of fused-ring (bicyclic) bond motifs is 1. The Balaban J connectivity index is 1.28. The van der Waals surface area contributed by atoms with Crippen LogP contribution in [0.25, 0.3) is 0 Å². The molecule has 1 aromatic heterocycles. The molecule has 0 spiro atoms. The van der Waals surface area contributed by atoms with Gasteiger partial charge in [0.05, 0.1) is 19.2 Å². The van der Waals surface area contributed by atoms with E-state index >= 15 is 0 Å². The molecule has 10 heteroatoms. The van der Waals surface area contributed by atoms with Crippen molar-refractivity contribution in [3.63, 3.8) is 0 Å². The first kappa shape index (κ1) is 25.6. The normalized spacial score (nSPS) is 26.8. The minimum absolute atomic E-state index is 0.0477. The van der Waals surface area contributed by atoms with Crippen LogP contribution in [0.4, 0.5) is 0 Å². The van der Waals surface area contributed by atoms with E-state index in [0.717, 1.165) is 14.7 Å². The molecule has 2 aromatic carbocycles. The summed E-state index contributed by atoms with van der Waals surface area (Å²) in [4.78, 5) is 35.2. The number of benzene rings is 2. The molecular formula is C30H29IN4O5. The minimum Gasteiger partial charge on any atom is -0.494 e. The van der Waals surface area contributed by atoms with E-state index in [9.17, 15) is 19.8 Å². The molecule has 2 saturated heterocycles.